The first kappa shape index (κ1) is 9.32. The van der Waals surface area contributed by atoms with Crippen LogP contribution in [0.4, 0.5) is 0 Å². The van der Waals surface area contributed by atoms with Gasteiger partial charge < -0.3 is 0 Å². The highest BCUT2D eigenvalue weighted by Crippen LogP contribution is 2.11. The van der Waals surface area contributed by atoms with Crippen LogP contribution in [0.25, 0.3) is 10.9 Å². The maximum atomic E-state index is 7.50. The molecule has 0 spiro atoms. The third-order valence-corrected chi connectivity index (χ3v) is 1.76. The molecule has 3 heteroatoms. The number of pyridine rings is 1. The minimum Gasteiger partial charge on any atom is -0.256 e. The third-order valence-electron chi connectivity index (χ3n) is 1.76. The van der Waals surface area contributed by atoms with Crippen LogP contribution in [-0.4, -0.2) is 4.98 Å². The summed E-state index contributed by atoms with van der Waals surface area (Å²) in [4.78, 5) is 11.7. The zero-order valence-electron chi connectivity index (χ0n) is 7.32. The standard InChI is InChI=1S/C10H9N.HNO/c1-8-4-5-10-9(7-8)3-2-6-11-10;1-2/h2-7H,1H3;1H. The van der Waals surface area contributed by atoms with Gasteiger partial charge in [0.15, 0.2) is 0 Å². The van der Waals surface area contributed by atoms with Crippen LogP contribution in [0, 0.1) is 17.4 Å². The molecule has 1 heterocycles. The van der Waals surface area contributed by atoms with E-state index in [2.05, 4.69) is 35.7 Å². The van der Waals surface area contributed by atoms with E-state index in [9.17, 15) is 0 Å². The second-order valence-electron chi connectivity index (χ2n) is 2.70. The van der Waals surface area contributed by atoms with E-state index in [1.807, 2.05) is 18.3 Å². The molecule has 13 heavy (non-hydrogen) atoms. The van der Waals surface area contributed by atoms with Gasteiger partial charge in [-0.1, -0.05) is 23.3 Å². The van der Waals surface area contributed by atoms with Crippen molar-refractivity contribution in [1.29, 1.82) is 5.59 Å². The van der Waals surface area contributed by atoms with Crippen molar-refractivity contribution in [3.8, 4) is 0 Å². The second kappa shape index (κ2) is 4.30. The maximum absolute atomic E-state index is 7.50. The van der Waals surface area contributed by atoms with Gasteiger partial charge in [-0.2, -0.15) is 4.91 Å². The summed E-state index contributed by atoms with van der Waals surface area (Å²) in [7, 11) is 0. The molecule has 0 unspecified atom stereocenters. The average molecular weight is 174 g/mol. The lowest BCUT2D eigenvalue weighted by atomic mass is 10.1. The summed E-state index contributed by atoms with van der Waals surface area (Å²) in [6, 6.07) is 10.3. The summed E-state index contributed by atoms with van der Waals surface area (Å²) in [5.41, 5.74) is 6.85. The number of nitrogens with one attached hydrogen (secondary N) is 1. The number of fused-ring (bicyclic) bond motifs is 1. The monoisotopic (exact) mass is 174 g/mol. The number of nitrogens with zero attached hydrogens (tertiary/aromatic N) is 1. The summed E-state index contributed by atoms with van der Waals surface area (Å²) in [5, 5.41) is 1.22. The summed E-state index contributed by atoms with van der Waals surface area (Å²) in [6.45, 7) is 2.09. The lowest BCUT2D eigenvalue weighted by Gasteiger charge is -1.95. The molecule has 0 saturated carbocycles. The molecule has 2 rings (SSSR count). The van der Waals surface area contributed by atoms with E-state index in [0.717, 1.165) is 5.52 Å². The Morgan fingerprint density at radius 3 is 2.77 bits per heavy atom. The molecule has 0 radical (unpaired) electrons. The highest BCUT2D eigenvalue weighted by molar-refractivity contribution is 5.78. The minimum atomic E-state index is 1.07. The Hall–Kier alpha value is -1.77. The van der Waals surface area contributed by atoms with Crippen molar-refractivity contribution >= 4 is 10.9 Å². The minimum absolute atomic E-state index is 1.07. The molecule has 0 aliphatic carbocycles. The zero-order chi connectivity index (χ0) is 9.68. The first-order valence-corrected chi connectivity index (χ1v) is 3.88. The normalized spacial score (nSPS) is 9.00. The highest BCUT2D eigenvalue weighted by Gasteiger charge is 1.90. The van der Waals surface area contributed by atoms with Gasteiger partial charge in [0.2, 0.25) is 0 Å². The van der Waals surface area contributed by atoms with Gasteiger partial charge in [0.05, 0.1) is 5.52 Å². The van der Waals surface area contributed by atoms with Gasteiger partial charge in [-0.15, -0.1) is 0 Å². The van der Waals surface area contributed by atoms with E-state index >= 15 is 0 Å². The van der Waals surface area contributed by atoms with E-state index < -0.39 is 0 Å². The number of hydrogen-bond acceptors (Lipinski definition) is 3. The van der Waals surface area contributed by atoms with Crippen LogP contribution in [0.3, 0.4) is 0 Å². The second-order valence-corrected chi connectivity index (χ2v) is 2.70. The van der Waals surface area contributed by atoms with Gasteiger partial charge in [-0.3, -0.25) is 4.98 Å². The quantitative estimate of drug-likeness (QED) is 0.624. The molecule has 3 nitrogen and oxygen atoms in total. The van der Waals surface area contributed by atoms with E-state index in [1.54, 1.807) is 0 Å². The van der Waals surface area contributed by atoms with Crippen LogP contribution >= 0.6 is 0 Å². The molecule has 66 valence electrons. The van der Waals surface area contributed by atoms with Crippen LogP contribution < -0.4 is 0 Å². The summed E-state index contributed by atoms with van der Waals surface area (Å²) < 4.78 is 0. The van der Waals surface area contributed by atoms with Crippen molar-refractivity contribution in [3.05, 3.63) is 47.0 Å². The molecule has 0 aliphatic rings. The van der Waals surface area contributed by atoms with Crippen LogP contribution in [-0.2, 0) is 0 Å². The van der Waals surface area contributed by atoms with Crippen LogP contribution in [0.5, 0.6) is 0 Å². The van der Waals surface area contributed by atoms with Crippen molar-refractivity contribution in [1.82, 2.24) is 4.98 Å². The fourth-order valence-electron chi connectivity index (χ4n) is 1.20. The predicted octanol–water partition coefficient (Wildman–Crippen LogP) is 2.87. The number of hydrogen-bond donors (Lipinski definition) is 1. The van der Waals surface area contributed by atoms with Gasteiger partial charge in [-0.25, -0.2) is 0 Å². The number of benzene rings is 1. The molecule has 1 N–H and O–H groups in total. The van der Waals surface area contributed by atoms with Gasteiger partial charge in [0.1, 0.15) is 0 Å². The zero-order valence-corrected chi connectivity index (χ0v) is 7.32. The van der Waals surface area contributed by atoms with Crippen molar-refractivity contribution in [2.75, 3.05) is 0 Å². The number of aryl methyl sites for hydroxylation is 1. The Labute approximate surface area is 76.2 Å². The van der Waals surface area contributed by atoms with Crippen molar-refractivity contribution in [3.63, 3.8) is 0 Å². The fourth-order valence-corrected chi connectivity index (χ4v) is 1.20. The molecule has 2 aromatic rings. The Morgan fingerprint density at radius 1 is 1.23 bits per heavy atom. The lowest BCUT2D eigenvalue weighted by molar-refractivity contribution is 1.39. The topological polar surface area (TPSA) is 53.8 Å². The maximum Gasteiger partial charge on any atom is 0.0702 e. The molecule has 0 bridgehead atoms. The number of nitroso groups, excluding NO2 is 1. The SMILES string of the molecule is Cc1ccc2ncccc2c1.N=O. The molecule has 0 saturated heterocycles. The highest BCUT2D eigenvalue weighted by atomic mass is 16.2. The summed E-state index contributed by atoms with van der Waals surface area (Å²) in [5.74, 6) is 0. The number of rotatable bonds is 0. The predicted molar refractivity (Wildman–Crippen MR) is 52.6 cm³/mol. The largest absolute Gasteiger partial charge is 0.256 e. The average Bonchev–Trinajstić information content (AvgIpc) is 2.21. The van der Waals surface area contributed by atoms with Gasteiger partial charge in [-0.05, 0) is 25.1 Å². The summed E-state index contributed by atoms with van der Waals surface area (Å²) in [6.07, 6.45) is 1.82. The molecule has 1 aromatic heterocycles. The van der Waals surface area contributed by atoms with Gasteiger partial charge >= 0.3 is 0 Å². The Kier molecular flexibility index (Phi) is 3.09. The van der Waals surface area contributed by atoms with E-state index in [-0.39, 0.29) is 0 Å². The molecule has 1 aromatic carbocycles. The summed E-state index contributed by atoms with van der Waals surface area (Å²) >= 11 is 0. The first-order valence-electron chi connectivity index (χ1n) is 3.88. The van der Waals surface area contributed by atoms with Crippen molar-refractivity contribution in [2.24, 2.45) is 0 Å². The van der Waals surface area contributed by atoms with Crippen LogP contribution in [0.2, 0.25) is 0 Å². The van der Waals surface area contributed by atoms with Gasteiger partial charge in [0.25, 0.3) is 0 Å². The van der Waals surface area contributed by atoms with E-state index in [1.165, 1.54) is 10.9 Å². The third kappa shape index (κ3) is 2.08. The van der Waals surface area contributed by atoms with Crippen LogP contribution in [0.1, 0.15) is 5.56 Å². The van der Waals surface area contributed by atoms with E-state index in [4.69, 9.17) is 4.91 Å². The Bertz CT molecular complexity index is 401. The van der Waals surface area contributed by atoms with E-state index in [0.29, 0.717) is 0 Å². The smallest absolute Gasteiger partial charge is 0.0702 e. The molecule has 0 atom stereocenters. The Balaban J connectivity index is 0.000000396. The fraction of sp³-hybridized carbons (Fsp3) is 0.100. The van der Waals surface area contributed by atoms with Crippen molar-refractivity contribution in [2.45, 2.75) is 6.92 Å². The Morgan fingerprint density at radius 2 is 2.00 bits per heavy atom. The lowest BCUT2D eigenvalue weighted by Crippen LogP contribution is -1.77. The first-order chi connectivity index (χ1) is 6.36. The molecular weight excluding hydrogens is 164 g/mol. The molecule has 0 fully saturated rings. The molecule has 0 amide bonds. The molecular formula is C10H10N2O. The molecule has 0 aliphatic heterocycles. The van der Waals surface area contributed by atoms with Crippen molar-refractivity contribution < 1.29 is 0 Å². The van der Waals surface area contributed by atoms with Gasteiger partial charge in [0, 0.05) is 11.6 Å². The number of aromatic nitrogens is 1. The van der Waals surface area contributed by atoms with Crippen LogP contribution in [0.15, 0.2) is 36.5 Å².